The van der Waals surface area contributed by atoms with Crippen LogP contribution in [-0.4, -0.2) is 182 Å². The fourth-order valence-corrected chi connectivity index (χ4v) is 5.22. The van der Waals surface area contributed by atoms with E-state index in [9.17, 15) is 28.8 Å². The fraction of sp³-hybridized carbons (Fsp3) is 0.600. The quantitative estimate of drug-likeness (QED) is 0.279. The van der Waals surface area contributed by atoms with E-state index in [-0.39, 0.29) is 0 Å². The molecule has 0 atom stereocenters. The summed E-state index contributed by atoms with van der Waals surface area (Å²) in [5, 5.41) is 0. The molecule has 3 rings (SSSR count). The van der Waals surface area contributed by atoms with Gasteiger partial charge in [-0.05, 0) is 11.1 Å². The molecule has 44 heavy (non-hydrogen) atoms. The Balaban J connectivity index is 1.63. The van der Waals surface area contributed by atoms with Crippen LogP contribution >= 0.6 is 0 Å². The summed E-state index contributed by atoms with van der Waals surface area (Å²) in [5.41, 5.74) is 2.21. The number of carbonyl (C=O) groups is 6. The van der Waals surface area contributed by atoms with Gasteiger partial charge in [-0.1, -0.05) is 24.3 Å². The van der Waals surface area contributed by atoms with Crippen molar-refractivity contribution in [3.8, 4) is 0 Å². The summed E-state index contributed by atoms with van der Waals surface area (Å²) in [6.07, 6.45) is 4.80. The summed E-state index contributed by atoms with van der Waals surface area (Å²) in [6.45, 7) is 9.38. The second kappa shape index (κ2) is 19.3. The van der Waals surface area contributed by atoms with Gasteiger partial charge < -0.3 is 29.4 Å². The topological polar surface area (TPSA) is 128 Å². The molecule has 0 saturated carbocycles. The van der Waals surface area contributed by atoms with E-state index in [1.807, 2.05) is 0 Å². The smallest absolute Gasteiger partial charge is 0.209 e. The van der Waals surface area contributed by atoms with E-state index in [2.05, 4.69) is 34.1 Å². The Morgan fingerprint density at radius 1 is 0.341 bits per heavy atom. The van der Waals surface area contributed by atoms with Crippen molar-refractivity contribution in [2.24, 2.45) is 0 Å². The summed E-state index contributed by atoms with van der Waals surface area (Å²) < 4.78 is 0. The first-order chi connectivity index (χ1) is 21.5. The number of benzene rings is 1. The Morgan fingerprint density at radius 3 is 0.705 bits per heavy atom. The molecule has 0 unspecified atom stereocenters. The van der Waals surface area contributed by atoms with Gasteiger partial charge in [0.1, 0.15) is 0 Å². The van der Waals surface area contributed by atoms with Crippen molar-refractivity contribution in [2.45, 2.75) is 13.1 Å². The second-order valence-electron chi connectivity index (χ2n) is 11.2. The number of hydrogen-bond acceptors (Lipinski definition) is 8. The zero-order valence-electron chi connectivity index (χ0n) is 25.5. The SMILES string of the molecule is O=CN1CCN(C=O)CCN(Cc2ccc(CN3CCN(C=O)CCN(C=O)CCN(C=O)CC3)cc2)CCN(C=O)CC1. The third kappa shape index (κ3) is 11.9. The Bertz CT molecular complexity index is 918. The lowest BCUT2D eigenvalue weighted by Crippen LogP contribution is -2.45. The van der Waals surface area contributed by atoms with E-state index in [1.54, 1.807) is 29.4 Å². The fourth-order valence-electron chi connectivity index (χ4n) is 5.22. The molecular formula is C30H46N8O6. The van der Waals surface area contributed by atoms with E-state index in [0.29, 0.717) is 118 Å². The van der Waals surface area contributed by atoms with Crippen LogP contribution in [0, 0.1) is 0 Å². The van der Waals surface area contributed by atoms with E-state index in [1.165, 1.54) is 0 Å². The first-order valence-electron chi connectivity index (χ1n) is 15.2. The summed E-state index contributed by atoms with van der Waals surface area (Å²) >= 11 is 0. The maximum absolute atomic E-state index is 11.6. The number of nitrogens with zero attached hydrogens (tertiary/aromatic N) is 8. The molecule has 2 saturated heterocycles. The van der Waals surface area contributed by atoms with Crippen molar-refractivity contribution in [3.63, 3.8) is 0 Å². The first-order valence-corrected chi connectivity index (χ1v) is 15.2. The highest BCUT2D eigenvalue weighted by molar-refractivity contribution is 5.50. The predicted molar refractivity (Wildman–Crippen MR) is 163 cm³/mol. The van der Waals surface area contributed by atoms with Crippen LogP contribution in [0.5, 0.6) is 0 Å². The Hall–Kier alpha value is -4.04. The molecule has 2 fully saturated rings. The Morgan fingerprint density at radius 2 is 0.523 bits per heavy atom. The van der Waals surface area contributed by atoms with Gasteiger partial charge in [-0.25, -0.2) is 0 Å². The minimum atomic E-state index is 0.423. The molecule has 1 aromatic rings. The summed E-state index contributed by atoms with van der Waals surface area (Å²) in [5.74, 6) is 0. The van der Waals surface area contributed by atoms with E-state index >= 15 is 0 Å². The average Bonchev–Trinajstić information content (AvgIpc) is 3.04. The van der Waals surface area contributed by atoms with Crippen molar-refractivity contribution in [2.75, 3.05) is 105 Å². The average molecular weight is 615 g/mol. The molecule has 14 nitrogen and oxygen atoms in total. The molecule has 0 spiro atoms. The molecule has 0 aliphatic carbocycles. The van der Waals surface area contributed by atoms with Gasteiger partial charge in [0, 0.05) is 118 Å². The van der Waals surface area contributed by atoms with Gasteiger partial charge in [-0.15, -0.1) is 0 Å². The number of amides is 6. The van der Waals surface area contributed by atoms with Crippen LogP contribution in [0.1, 0.15) is 11.1 Å². The van der Waals surface area contributed by atoms with Crippen molar-refractivity contribution >= 4 is 38.5 Å². The molecule has 242 valence electrons. The summed E-state index contributed by atoms with van der Waals surface area (Å²) in [7, 11) is 0. The van der Waals surface area contributed by atoms with Gasteiger partial charge in [-0.3, -0.25) is 38.6 Å². The molecule has 2 aliphatic heterocycles. The molecule has 0 radical (unpaired) electrons. The lowest BCUT2D eigenvalue weighted by Gasteiger charge is -2.31. The third-order valence-electron chi connectivity index (χ3n) is 8.24. The van der Waals surface area contributed by atoms with Crippen LogP contribution in [0.3, 0.4) is 0 Å². The first kappa shape index (κ1) is 34.5. The third-order valence-corrected chi connectivity index (χ3v) is 8.24. The monoisotopic (exact) mass is 614 g/mol. The molecule has 0 aromatic heterocycles. The van der Waals surface area contributed by atoms with E-state index in [4.69, 9.17) is 0 Å². The minimum absolute atomic E-state index is 0.423. The van der Waals surface area contributed by atoms with Crippen molar-refractivity contribution in [1.29, 1.82) is 0 Å². The molecule has 14 heteroatoms. The highest BCUT2D eigenvalue weighted by Crippen LogP contribution is 2.11. The second-order valence-corrected chi connectivity index (χ2v) is 11.2. The van der Waals surface area contributed by atoms with Crippen molar-refractivity contribution < 1.29 is 28.8 Å². The highest BCUT2D eigenvalue weighted by Gasteiger charge is 2.17. The molecule has 2 aliphatic rings. The lowest BCUT2D eigenvalue weighted by atomic mass is 10.1. The van der Waals surface area contributed by atoms with E-state index in [0.717, 1.165) is 49.6 Å². The van der Waals surface area contributed by atoms with Crippen LogP contribution in [0.15, 0.2) is 24.3 Å². The zero-order valence-corrected chi connectivity index (χ0v) is 25.5. The minimum Gasteiger partial charge on any atom is -0.342 e. The summed E-state index contributed by atoms with van der Waals surface area (Å²) in [6, 6.07) is 8.34. The normalized spacial score (nSPS) is 19.5. The zero-order chi connectivity index (χ0) is 31.6. The van der Waals surface area contributed by atoms with Crippen LogP contribution in [0.4, 0.5) is 0 Å². The lowest BCUT2D eigenvalue weighted by molar-refractivity contribution is -0.123. The van der Waals surface area contributed by atoms with Gasteiger partial charge in [0.15, 0.2) is 0 Å². The van der Waals surface area contributed by atoms with Crippen molar-refractivity contribution in [1.82, 2.24) is 39.2 Å². The van der Waals surface area contributed by atoms with Gasteiger partial charge in [0.05, 0.1) is 0 Å². The maximum Gasteiger partial charge on any atom is 0.209 e. The summed E-state index contributed by atoms with van der Waals surface area (Å²) in [4.78, 5) is 83.6. The van der Waals surface area contributed by atoms with Gasteiger partial charge in [0.2, 0.25) is 38.5 Å². The highest BCUT2D eigenvalue weighted by atomic mass is 16.2. The molecule has 2 heterocycles. The van der Waals surface area contributed by atoms with Gasteiger partial charge >= 0.3 is 0 Å². The number of carbonyl (C=O) groups excluding carboxylic acids is 6. The Labute approximate surface area is 259 Å². The van der Waals surface area contributed by atoms with Gasteiger partial charge in [0.25, 0.3) is 0 Å². The van der Waals surface area contributed by atoms with Crippen LogP contribution in [-0.2, 0) is 41.9 Å². The largest absolute Gasteiger partial charge is 0.342 e. The predicted octanol–water partition coefficient (Wildman–Crippen LogP) is -1.93. The van der Waals surface area contributed by atoms with Crippen LogP contribution in [0.2, 0.25) is 0 Å². The van der Waals surface area contributed by atoms with E-state index < -0.39 is 0 Å². The molecule has 0 bridgehead atoms. The molecule has 1 aromatic carbocycles. The number of hydrogen-bond donors (Lipinski definition) is 0. The molecular weight excluding hydrogens is 568 g/mol. The number of rotatable bonds is 10. The maximum atomic E-state index is 11.6. The molecule has 6 amide bonds. The van der Waals surface area contributed by atoms with Crippen molar-refractivity contribution in [3.05, 3.63) is 35.4 Å². The standard InChI is InChI=1S/C30H46N8O6/c39-23-33-9-5-31(6-10-34(24-40)14-18-37(27-43)17-13-33)21-29-1-2-30(4-3-29)22-32-7-11-35(25-41)15-19-38(28-44)20-16-36(26-42)12-8-32/h1-4,23-28H,5-22H2. The molecule has 0 N–H and O–H groups in total. The van der Waals surface area contributed by atoms with Gasteiger partial charge in [-0.2, -0.15) is 0 Å². The van der Waals surface area contributed by atoms with Crippen LogP contribution < -0.4 is 0 Å². The Kier molecular flexibility index (Phi) is 15.1. The van der Waals surface area contributed by atoms with Crippen LogP contribution in [0.25, 0.3) is 0 Å².